The Kier molecular flexibility index (Phi) is 10.5. The Morgan fingerprint density at radius 3 is 1.43 bits per heavy atom. The Morgan fingerprint density at radius 1 is 0.619 bits per heavy atom. The third-order valence-electron chi connectivity index (χ3n) is 4.70. The molecular weight excluding hydrogens is 256 g/mol. The van der Waals surface area contributed by atoms with Gasteiger partial charge in [0, 0.05) is 25.5 Å². The molecule has 0 aliphatic carbocycles. The van der Waals surface area contributed by atoms with Crippen molar-refractivity contribution < 1.29 is 0 Å². The molecule has 0 spiro atoms. The van der Waals surface area contributed by atoms with Gasteiger partial charge < -0.3 is 9.80 Å². The molecular formula is C19H38N2. The van der Waals surface area contributed by atoms with Crippen LogP contribution in [0.15, 0.2) is 12.4 Å². The third-order valence-corrected chi connectivity index (χ3v) is 4.70. The quantitative estimate of drug-likeness (QED) is 0.399. The second-order valence-electron chi connectivity index (χ2n) is 6.59. The van der Waals surface area contributed by atoms with Crippen molar-refractivity contribution in [2.75, 3.05) is 13.1 Å². The van der Waals surface area contributed by atoms with Gasteiger partial charge in [-0.2, -0.15) is 0 Å². The van der Waals surface area contributed by atoms with E-state index < -0.39 is 0 Å². The second-order valence-corrected chi connectivity index (χ2v) is 6.59. The van der Waals surface area contributed by atoms with Gasteiger partial charge in [-0.1, -0.05) is 71.6 Å². The van der Waals surface area contributed by atoms with Gasteiger partial charge in [-0.25, -0.2) is 0 Å². The minimum absolute atomic E-state index is 0.576. The van der Waals surface area contributed by atoms with Gasteiger partial charge in [0.1, 0.15) is 0 Å². The average Bonchev–Trinajstić information content (AvgIpc) is 2.83. The first-order valence-electron chi connectivity index (χ1n) is 9.49. The van der Waals surface area contributed by atoms with E-state index in [1.807, 2.05) is 0 Å². The molecule has 1 unspecified atom stereocenters. The first-order valence-corrected chi connectivity index (χ1v) is 9.49. The Bertz CT molecular complexity index is 262. The third kappa shape index (κ3) is 7.78. The maximum Gasteiger partial charge on any atom is 0.0977 e. The highest BCUT2D eigenvalue weighted by Gasteiger charge is 2.20. The van der Waals surface area contributed by atoms with Crippen LogP contribution in [-0.4, -0.2) is 29.1 Å². The Hall–Kier alpha value is -0.660. The van der Waals surface area contributed by atoms with Crippen molar-refractivity contribution in [1.82, 2.24) is 9.80 Å². The van der Waals surface area contributed by atoms with Crippen LogP contribution in [0.25, 0.3) is 0 Å². The molecule has 1 atom stereocenters. The van der Waals surface area contributed by atoms with E-state index in [9.17, 15) is 0 Å². The van der Waals surface area contributed by atoms with E-state index in [0.29, 0.717) is 6.17 Å². The van der Waals surface area contributed by atoms with Crippen LogP contribution in [0.1, 0.15) is 91.4 Å². The van der Waals surface area contributed by atoms with Crippen molar-refractivity contribution in [1.29, 1.82) is 0 Å². The molecule has 0 radical (unpaired) electrons. The highest BCUT2D eigenvalue weighted by Crippen LogP contribution is 2.18. The SMILES string of the molecule is CCCCCCCCN1C=CN(CCCCCCC)C1C. The van der Waals surface area contributed by atoms with Crippen molar-refractivity contribution >= 4 is 0 Å². The summed E-state index contributed by atoms with van der Waals surface area (Å²) < 4.78 is 0. The number of hydrogen-bond donors (Lipinski definition) is 0. The van der Waals surface area contributed by atoms with E-state index in [4.69, 9.17) is 0 Å². The summed E-state index contributed by atoms with van der Waals surface area (Å²) in [5.74, 6) is 0. The lowest BCUT2D eigenvalue weighted by molar-refractivity contribution is 0.165. The molecule has 2 heteroatoms. The maximum absolute atomic E-state index is 2.52. The maximum atomic E-state index is 2.52. The molecule has 0 aromatic carbocycles. The van der Waals surface area contributed by atoms with Crippen LogP contribution in [0.5, 0.6) is 0 Å². The zero-order valence-electron chi connectivity index (χ0n) is 14.8. The van der Waals surface area contributed by atoms with E-state index in [0.717, 1.165) is 0 Å². The van der Waals surface area contributed by atoms with Crippen molar-refractivity contribution in [2.45, 2.75) is 97.6 Å². The second kappa shape index (κ2) is 11.9. The van der Waals surface area contributed by atoms with Gasteiger partial charge in [-0.05, 0) is 19.8 Å². The van der Waals surface area contributed by atoms with Gasteiger partial charge in [0.25, 0.3) is 0 Å². The fourth-order valence-corrected chi connectivity index (χ4v) is 3.11. The topological polar surface area (TPSA) is 6.48 Å². The standard InChI is InChI=1S/C19H38N2/c1-4-6-8-10-12-14-16-21-18-17-20(19(21)3)15-13-11-9-7-5-2/h17-19H,4-16H2,1-3H3. The van der Waals surface area contributed by atoms with Crippen molar-refractivity contribution in [3.63, 3.8) is 0 Å². The van der Waals surface area contributed by atoms with Crippen molar-refractivity contribution in [3.05, 3.63) is 12.4 Å². The fraction of sp³-hybridized carbons (Fsp3) is 0.895. The summed E-state index contributed by atoms with van der Waals surface area (Å²) in [7, 11) is 0. The largest absolute Gasteiger partial charge is 0.356 e. The van der Waals surface area contributed by atoms with Crippen molar-refractivity contribution in [3.8, 4) is 0 Å². The van der Waals surface area contributed by atoms with Crippen LogP contribution in [0.3, 0.4) is 0 Å². The average molecular weight is 295 g/mol. The molecule has 1 rings (SSSR count). The minimum Gasteiger partial charge on any atom is -0.356 e. The van der Waals surface area contributed by atoms with E-state index in [1.165, 1.54) is 83.7 Å². The molecule has 21 heavy (non-hydrogen) atoms. The number of hydrogen-bond acceptors (Lipinski definition) is 2. The molecule has 0 N–H and O–H groups in total. The van der Waals surface area contributed by atoms with Crippen LogP contribution in [0.2, 0.25) is 0 Å². The van der Waals surface area contributed by atoms with Crippen LogP contribution in [-0.2, 0) is 0 Å². The lowest BCUT2D eigenvalue weighted by Gasteiger charge is -2.30. The van der Waals surface area contributed by atoms with Gasteiger partial charge in [0.05, 0.1) is 6.17 Å². The molecule has 0 aromatic rings. The molecule has 124 valence electrons. The van der Waals surface area contributed by atoms with Crippen LogP contribution >= 0.6 is 0 Å². The van der Waals surface area contributed by atoms with E-state index in [2.05, 4.69) is 43.0 Å². The predicted octanol–water partition coefficient (Wildman–Crippen LogP) is 5.75. The summed E-state index contributed by atoms with van der Waals surface area (Å²) in [5.41, 5.74) is 0. The summed E-state index contributed by atoms with van der Waals surface area (Å²) in [6.07, 6.45) is 20.4. The van der Waals surface area contributed by atoms with Gasteiger partial charge in [-0.3, -0.25) is 0 Å². The van der Waals surface area contributed by atoms with Gasteiger partial charge >= 0.3 is 0 Å². The Balaban J connectivity index is 2.04. The Labute approximate surface area is 133 Å². The smallest absolute Gasteiger partial charge is 0.0977 e. The minimum atomic E-state index is 0.576. The van der Waals surface area contributed by atoms with E-state index >= 15 is 0 Å². The molecule has 0 fully saturated rings. The van der Waals surface area contributed by atoms with Gasteiger partial charge in [0.15, 0.2) is 0 Å². The van der Waals surface area contributed by atoms with Gasteiger partial charge in [0.2, 0.25) is 0 Å². The number of nitrogens with zero attached hydrogens (tertiary/aromatic N) is 2. The fourth-order valence-electron chi connectivity index (χ4n) is 3.11. The molecule has 0 bridgehead atoms. The number of unbranched alkanes of at least 4 members (excludes halogenated alkanes) is 9. The highest BCUT2D eigenvalue weighted by atomic mass is 15.4. The highest BCUT2D eigenvalue weighted by molar-refractivity contribution is 4.95. The first-order chi connectivity index (χ1) is 10.3. The summed E-state index contributed by atoms with van der Waals surface area (Å²) in [6.45, 7) is 9.38. The molecule has 0 aromatic heterocycles. The van der Waals surface area contributed by atoms with Crippen LogP contribution in [0.4, 0.5) is 0 Å². The zero-order valence-corrected chi connectivity index (χ0v) is 14.8. The molecule has 0 saturated carbocycles. The lowest BCUT2D eigenvalue weighted by atomic mass is 10.1. The van der Waals surface area contributed by atoms with Gasteiger partial charge in [-0.15, -0.1) is 0 Å². The van der Waals surface area contributed by atoms with Crippen LogP contribution < -0.4 is 0 Å². The predicted molar refractivity (Wildman–Crippen MR) is 94.1 cm³/mol. The molecule has 1 aliphatic heterocycles. The normalized spacial score (nSPS) is 18.0. The molecule has 1 aliphatic rings. The molecule has 0 saturated heterocycles. The number of rotatable bonds is 13. The molecule has 2 nitrogen and oxygen atoms in total. The summed E-state index contributed by atoms with van der Waals surface area (Å²) in [6, 6.07) is 0. The first kappa shape index (κ1) is 18.4. The van der Waals surface area contributed by atoms with E-state index in [-0.39, 0.29) is 0 Å². The monoisotopic (exact) mass is 294 g/mol. The van der Waals surface area contributed by atoms with Crippen LogP contribution in [0, 0.1) is 0 Å². The molecule has 0 amide bonds. The zero-order chi connectivity index (χ0) is 15.3. The van der Waals surface area contributed by atoms with Crippen molar-refractivity contribution in [2.24, 2.45) is 0 Å². The summed E-state index contributed by atoms with van der Waals surface area (Å²) in [4.78, 5) is 5.04. The van der Waals surface area contributed by atoms with E-state index in [1.54, 1.807) is 0 Å². The molecule has 1 heterocycles. The summed E-state index contributed by atoms with van der Waals surface area (Å²) >= 11 is 0. The Morgan fingerprint density at radius 2 is 1.00 bits per heavy atom. The lowest BCUT2D eigenvalue weighted by Crippen LogP contribution is -2.36. The summed E-state index contributed by atoms with van der Waals surface area (Å²) in [5, 5.41) is 0.